The number of nitrogens with zero attached hydrogens (tertiary/aromatic N) is 2. The third kappa shape index (κ3) is 2.08. The van der Waals surface area contributed by atoms with Crippen molar-refractivity contribution in [3.8, 4) is 0 Å². The highest BCUT2D eigenvalue weighted by atomic mass is 16.2. The number of amides is 2. The highest BCUT2D eigenvalue weighted by molar-refractivity contribution is 5.95. The molecule has 1 saturated heterocycles. The van der Waals surface area contributed by atoms with Gasteiger partial charge in [-0.1, -0.05) is 0 Å². The first-order valence-corrected chi connectivity index (χ1v) is 6.22. The van der Waals surface area contributed by atoms with Crippen LogP contribution < -0.4 is 5.32 Å². The van der Waals surface area contributed by atoms with E-state index in [-0.39, 0.29) is 24.4 Å². The van der Waals surface area contributed by atoms with Crippen molar-refractivity contribution >= 4 is 11.8 Å². The lowest BCUT2D eigenvalue weighted by molar-refractivity contribution is -0.147. The summed E-state index contributed by atoms with van der Waals surface area (Å²) in [6.07, 6.45) is 5.49. The van der Waals surface area contributed by atoms with E-state index in [0.29, 0.717) is 12.5 Å². The molecule has 2 aliphatic rings. The predicted molar refractivity (Wildman–Crippen MR) is 64.3 cm³/mol. The molecule has 0 spiro atoms. The summed E-state index contributed by atoms with van der Waals surface area (Å²) in [6, 6.07) is 3.48. The largest absolute Gasteiger partial charge is 0.345 e. The number of hydrogen-bond donors (Lipinski definition) is 1. The Kier molecular flexibility index (Phi) is 2.74. The van der Waals surface area contributed by atoms with Crippen molar-refractivity contribution in [2.75, 3.05) is 6.54 Å². The van der Waals surface area contributed by atoms with Gasteiger partial charge in [-0.3, -0.25) is 14.6 Å². The minimum Gasteiger partial charge on any atom is -0.345 e. The Hall–Kier alpha value is -1.91. The second-order valence-electron chi connectivity index (χ2n) is 4.88. The first-order chi connectivity index (χ1) is 8.75. The average molecular weight is 245 g/mol. The minimum absolute atomic E-state index is 0.00307. The van der Waals surface area contributed by atoms with Crippen LogP contribution in [0.5, 0.6) is 0 Å². The van der Waals surface area contributed by atoms with E-state index in [1.165, 1.54) is 0 Å². The zero-order valence-electron chi connectivity index (χ0n) is 10.0. The van der Waals surface area contributed by atoms with Gasteiger partial charge in [0.15, 0.2) is 0 Å². The van der Waals surface area contributed by atoms with E-state index in [4.69, 9.17) is 0 Å². The summed E-state index contributed by atoms with van der Waals surface area (Å²) >= 11 is 0. The molecule has 1 aromatic rings. The molecule has 2 amide bonds. The highest BCUT2D eigenvalue weighted by Gasteiger charge is 2.44. The number of aromatic nitrogens is 1. The quantitative estimate of drug-likeness (QED) is 0.834. The fraction of sp³-hybridized carbons (Fsp3) is 0.462. The summed E-state index contributed by atoms with van der Waals surface area (Å²) < 4.78 is 0. The maximum absolute atomic E-state index is 12.0. The van der Waals surface area contributed by atoms with Crippen molar-refractivity contribution in [2.45, 2.75) is 25.4 Å². The van der Waals surface area contributed by atoms with Crippen molar-refractivity contribution in [1.29, 1.82) is 0 Å². The van der Waals surface area contributed by atoms with Gasteiger partial charge in [0.1, 0.15) is 6.04 Å². The van der Waals surface area contributed by atoms with Gasteiger partial charge in [0, 0.05) is 18.9 Å². The van der Waals surface area contributed by atoms with E-state index in [2.05, 4.69) is 10.3 Å². The molecule has 0 bridgehead atoms. The zero-order chi connectivity index (χ0) is 12.5. The topological polar surface area (TPSA) is 62.3 Å². The molecule has 2 heterocycles. The summed E-state index contributed by atoms with van der Waals surface area (Å²) in [7, 11) is 0. The van der Waals surface area contributed by atoms with Crippen LogP contribution in [0.3, 0.4) is 0 Å². The molecule has 1 aliphatic heterocycles. The van der Waals surface area contributed by atoms with Gasteiger partial charge in [-0.15, -0.1) is 0 Å². The number of piperazine rings is 1. The second-order valence-corrected chi connectivity index (χ2v) is 4.88. The van der Waals surface area contributed by atoms with E-state index >= 15 is 0 Å². The fourth-order valence-electron chi connectivity index (χ4n) is 2.42. The van der Waals surface area contributed by atoms with Gasteiger partial charge < -0.3 is 10.2 Å². The van der Waals surface area contributed by atoms with E-state index in [1.54, 1.807) is 17.3 Å². The maximum Gasteiger partial charge on any atom is 0.243 e. The second kappa shape index (κ2) is 4.40. The lowest BCUT2D eigenvalue weighted by Gasteiger charge is -2.35. The van der Waals surface area contributed by atoms with Crippen LogP contribution in [0.2, 0.25) is 0 Å². The molecule has 94 valence electrons. The smallest absolute Gasteiger partial charge is 0.243 e. The lowest BCUT2D eigenvalue weighted by atomic mass is 10.1. The molecule has 1 saturated carbocycles. The van der Waals surface area contributed by atoms with Gasteiger partial charge in [0.2, 0.25) is 11.8 Å². The van der Waals surface area contributed by atoms with E-state index in [1.807, 2.05) is 12.1 Å². The summed E-state index contributed by atoms with van der Waals surface area (Å²) in [4.78, 5) is 29.6. The van der Waals surface area contributed by atoms with Crippen molar-refractivity contribution in [2.24, 2.45) is 5.92 Å². The third-order valence-corrected chi connectivity index (χ3v) is 3.51. The van der Waals surface area contributed by atoms with E-state index < -0.39 is 0 Å². The first-order valence-electron chi connectivity index (χ1n) is 6.22. The molecule has 1 aliphatic carbocycles. The minimum atomic E-state index is -0.278. The van der Waals surface area contributed by atoms with Crippen LogP contribution in [-0.2, 0) is 16.1 Å². The Balaban J connectivity index is 1.82. The van der Waals surface area contributed by atoms with Crippen molar-refractivity contribution in [3.63, 3.8) is 0 Å². The Bertz CT molecular complexity index is 470. The molecule has 1 atom stereocenters. The van der Waals surface area contributed by atoms with Gasteiger partial charge in [-0.2, -0.15) is 0 Å². The molecule has 2 fully saturated rings. The van der Waals surface area contributed by atoms with Crippen LogP contribution in [0.4, 0.5) is 0 Å². The van der Waals surface area contributed by atoms with Crippen LogP contribution in [0.15, 0.2) is 24.5 Å². The zero-order valence-corrected chi connectivity index (χ0v) is 10.0. The van der Waals surface area contributed by atoms with E-state index in [0.717, 1.165) is 18.4 Å². The van der Waals surface area contributed by atoms with Gasteiger partial charge in [0.25, 0.3) is 0 Å². The normalized spacial score (nSPS) is 24.0. The van der Waals surface area contributed by atoms with Crippen LogP contribution in [0.25, 0.3) is 0 Å². The molecule has 5 nitrogen and oxygen atoms in total. The highest BCUT2D eigenvalue weighted by Crippen LogP contribution is 2.36. The molecule has 0 radical (unpaired) electrons. The lowest BCUT2D eigenvalue weighted by Crippen LogP contribution is -2.58. The number of rotatable bonds is 3. The van der Waals surface area contributed by atoms with Gasteiger partial charge >= 0.3 is 0 Å². The third-order valence-electron chi connectivity index (χ3n) is 3.51. The standard InChI is InChI=1S/C13H15N3O2/c17-11-7-15-13(18)12(10-1-2-10)16(11)8-9-3-5-14-6-4-9/h3-6,10,12H,1-2,7-8H2,(H,15,18). The summed E-state index contributed by atoms with van der Waals surface area (Å²) in [5.74, 6) is 0.338. The average Bonchev–Trinajstić information content (AvgIpc) is 3.20. The predicted octanol–water partition coefficient (Wildman–Crippen LogP) is 0.319. The Labute approximate surface area is 105 Å². The van der Waals surface area contributed by atoms with Gasteiger partial charge in [0.05, 0.1) is 6.54 Å². The molecule has 18 heavy (non-hydrogen) atoms. The summed E-state index contributed by atoms with van der Waals surface area (Å²) in [6.45, 7) is 0.614. The molecule has 1 unspecified atom stereocenters. The van der Waals surface area contributed by atoms with Crippen LogP contribution >= 0.6 is 0 Å². The SMILES string of the molecule is O=C1NCC(=O)N(Cc2ccncc2)C1C1CC1. The van der Waals surface area contributed by atoms with E-state index in [9.17, 15) is 9.59 Å². The molecule has 1 aromatic heterocycles. The molecule has 5 heteroatoms. The number of pyridine rings is 1. The number of nitrogens with one attached hydrogen (secondary N) is 1. The molecular formula is C13H15N3O2. The number of carbonyl (C=O) groups excluding carboxylic acids is 2. The van der Waals surface area contributed by atoms with Crippen molar-refractivity contribution in [3.05, 3.63) is 30.1 Å². The van der Waals surface area contributed by atoms with Gasteiger partial charge in [-0.25, -0.2) is 0 Å². The summed E-state index contributed by atoms with van der Waals surface area (Å²) in [5.41, 5.74) is 1.01. The molecule has 3 rings (SSSR count). The summed E-state index contributed by atoms with van der Waals surface area (Å²) in [5, 5.41) is 2.68. The number of carbonyl (C=O) groups is 2. The van der Waals surface area contributed by atoms with Crippen molar-refractivity contribution in [1.82, 2.24) is 15.2 Å². The molecule has 0 aromatic carbocycles. The van der Waals surface area contributed by atoms with Crippen LogP contribution in [-0.4, -0.2) is 34.3 Å². The Morgan fingerprint density at radius 1 is 1.28 bits per heavy atom. The van der Waals surface area contributed by atoms with Crippen molar-refractivity contribution < 1.29 is 9.59 Å². The van der Waals surface area contributed by atoms with Crippen LogP contribution in [0, 0.1) is 5.92 Å². The first kappa shape index (κ1) is 11.2. The maximum atomic E-state index is 12.0. The Morgan fingerprint density at radius 2 is 2.00 bits per heavy atom. The van der Waals surface area contributed by atoms with Crippen LogP contribution in [0.1, 0.15) is 18.4 Å². The Morgan fingerprint density at radius 3 is 2.67 bits per heavy atom. The molecule has 1 N–H and O–H groups in total. The van der Waals surface area contributed by atoms with Gasteiger partial charge in [-0.05, 0) is 36.5 Å². The monoisotopic (exact) mass is 245 g/mol. The molecular weight excluding hydrogens is 230 g/mol. The fourth-order valence-corrected chi connectivity index (χ4v) is 2.42. The number of hydrogen-bond acceptors (Lipinski definition) is 3.